The summed E-state index contributed by atoms with van der Waals surface area (Å²) < 4.78 is 41.0. The Hall–Kier alpha value is -4.07. The average molecular weight is 521 g/mol. The van der Waals surface area contributed by atoms with E-state index in [1.165, 1.54) is 25.0 Å². The third-order valence-corrected chi connectivity index (χ3v) is 7.04. The number of aliphatic carboxylic acids is 1. The summed E-state index contributed by atoms with van der Waals surface area (Å²) in [5.41, 5.74) is 3.48. The van der Waals surface area contributed by atoms with Crippen LogP contribution in [0.2, 0.25) is 0 Å². The maximum atomic E-state index is 12.9. The van der Waals surface area contributed by atoms with Crippen LogP contribution in [0, 0.1) is 5.92 Å². The van der Waals surface area contributed by atoms with Crippen LogP contribution in [-0.2, 0) is 11.0 Å². The Morgan fingerprint density at radius 2 is 1.63 bits per heavy atom. The number of hydrogen-bond donors (Lipinski definition) is 2. The molecule has 1 atom stereocenters. The van der Waals surface area contributed by atoms with E-state index in [2.05, 4.69) is 9.88 Å². The molecule has 8 heteroatoms. The average Bonchev–Trinajstić information content (AvgIpc) is 3.63. The van der Waals surface area contributed by atoms with Crippen LogP contribution in [-0.4, -0.2) is 28.1 Å². The molecule has 0 aliphatic heterocycles. The third kappa shape index (κ3) is 5.74. The Kier molecular flexibility index (Phi) is 6.97. The van der Waals surface area contributed by atoms with Crippen LogP contribution in [0.5, 0.6) is 0 Å². The van der Waals surface area contributed by atoms with Gasteiger partial charge in [0.25, 0.3) is 5.91 Å². The van der Waals surface area contributed by atoms with E-state index in [0.717, 1.165) is 46.1 Å². The molecule has 38 heavy (non-hydrogen) atoms. The van der Waals surface area contributed by atoms with Crippen LogP contribution < -0.4 is 5.32 Å². The molecule has 0 bridgehead atoms. The number of carbonyl (C=O) groups excluding carboxylic acids is 1. The molecule has 0 spiro atoms. The Morgan fingerprint density at radius 1 is 0.947 bits per heavy atom. The Balaban J connectivity index is 1.39. The minimum absolute atomic E-state index is 0.0704. The number of fused-ring (bicyclic) bond motifs is 1. The maximum Gasteiger partial charge on any atom is 0.416 e. The number of carbonyl (C=O) groups is 2. The molecule has 1 aliphatic rings. The molecule has 1 heterocycles. The molecular formula is C30H27F3N2O3. The van der Waals surface area contributed by atoms with Gasteiger partial charge in [0.2, 0.25) is 0 Å². The first-order valence-electron chi connectivity index (χ1n) is 12.6. The summed E-state index contributed by atoms with van der Waals surface area (Å²) in [5, 5.41) is 12.4. The largest absolute Gasteiger partial charge is 0.481 e. The van der Waals surface area contributed by atoms with Crippen LogP contribution in [0.4, 0.5) is 13.2 Å². The summed E-state index contributed by atoms with van der Waals surface area (Å²) in [4.78, 5) is 23.0. The molecule has 0 saturated heterocycles. The molecule has 0 radical (unpaired) electrons. The molecule has 3 aromatic carbocycles. The van der Waals surface area contributed by atoms with Crippen molar-refractivity contribution < 1.29 is 27.9 Å². The van der Waals surface area contributed by atoms with Gasteiger partial charge in [0, 0.05) is 29.2 Å². The molecule has 1 unspecified atom stereocenters. The van der Waals surface area contributed by atoms with Crippen LogP contribution in [0.3, 0.4) is 0 Å². The molecule has 2 N–H and O–H groups in total. The van der Waals surface area contributed by atoms with Gasteiger partial charge in [-0.2, -0.15) is 13.2 Å². The quantitative estimate of drug-likeness (QED) is 0.252. The second-order valence-electron chi connectivity index (χ2n) is 9.79. The number of hydrogen-bond acceptors (Lipinski definition) is 2. The van der Waals surface area contributed by atoms with Crippen molar-refractivity contribution in [2.75, 3.05) is 6.54 Å². The Labute approximate surface area is 217 Å². The van der Waals surface area contributed by atoms with Gasteiger partial charge in [0.1, 0.15) is 0 Å². The second-order valence-corrected chi connectivity index (χ2v) is 9.79. The molecule has 1 aliphatic carbocycles. The minimum Gasteiger partial charge on any atom is -0.481 e. The summed E-state index contributed by atoms with van der Waals surface area (Å²) in [7, 11) is 0. The zero-order valence-corrected chi connectivity index (χ0v) is 20.5. The van der Waals surface area contributed by atoms with Gasteiger partial charge < -0.3 is 15.0 Å². The first kappa shape index (κ1) is 25.6. The van der Waals surface area contributed by atoms with E-state index < -0.39 is 17.7 Å². The standard InChI is InChI=1S/C30H27F3N2O3/c31-30(32,33)25-10-7-20(8-11-25)23-9-12-26-24(18-23)14-16-35(26)27(17-19-1-2-19)21-3-5-22(6-4-21)29(38)34-15-13-28(36)37/h3-12,14,16,18-19,27H,1-2,13,15,17H2,(H,34,38)(H,36,37). The van der Waals surface area contributed by atoms with Crippen molar-refractivity contribution in [1.29, 1.82) is 0 Å². The Morgan fingerprint density at radius 3 is 2.26 bits per heavy atom. The van der Waals surface area contributed by atoms with E-state index in [1.807, 2.05) is 42.6 Å². The number of alkyl halides is 3. The zero-order valence-electron chi connectivity index (χ0n) is 20.5. The van der Waals surface area contributed by atoms with Crippen molar-refractivity contribution in [3.63, 3.8) is 0 Å². The molecular weight excluding hydrogens is 493 g/mol. The molecule has 5 rings (SSSR count). The number of nitrogens with zero attached hydrogens (tertiary/aromatic N) is 1. The van der Waals surface area contributed by atoms with Crippen LogP contribution >= 0.6 is 0 Å². The highest BCUT2D eigenvalue weighted by molar-refractivity contribution is 5.94. The van der Waals surface area contributed by atoms with Crippen LogP contribution in [0.25, 0.3) is 22.0 Å². The monoisotopic (exact) mass is 520 g/mol. The van der Waals surface area contributed by atoms with Crippen molar-refractivity contribution in [1.82, 2.24) is 9.88 Å². The zero-order chi connectivity index (χ0) is 26.9. The number of halogens is 3. The van der Waals surface area contributed by atoms with E-state index in [-0.39, 0.29) is 24.9 Å². The number of benzene rings is 3. The molecule has 5 nitrogen and oxygen atoms in total. The number of rotatable bonds is 9. The molecule has 1 fully saturated rings. The molecule has 4 aromatic rings. The van der Waals surface area contributed by atoms with E-state index in [0.29, 0.717) is 11.5 Å². The second kappa shape index (κ2) is 10.4. The fourth-order valence-electron chi connectivity index (χ4n) is 4.79. The highest BCUT2D eigenvalue weighted by Crippen LogP contribution is 2.41. The Bertz CT molecular complexity index is 1450. The number of aromatic nitrogens is 1. The van der Waals surface area contributed by atoms with Crippen molar-refractivity contribution in [2.24, 2.45) is 5.92 Å². The first-order chi connectivity index (χ1) is 18.2. The smallest absolute Gasteiger partial charge is 0.416 e. The lowest BCUT2D eigenvalue weighted by molar-refractivity contribution is -0.138. The highest BCUT2D eigenvalue weighted by atomic mass is 19.4. The van der Waals surface area contributed by atoms with Gasteiger partial charge in [-0.25, -0.2) is 0 Å². The fourth-order valence-corrected chi connectivity index (χ4v) is 4.79. The van der Waals surface area contributed by atoms with Gasteiger partial charge >= 0.3 is 12.1 Å². The number of carboxylic acids is 1. The normalized spacial score (nSPS) is 14.4. The SMILES string of the molecule is O=C(O)CCNC(=O)c1ccc(C(CC2CC2)n2ccc3cc(-c4ccc(C(F)(F)F)cc4)ccc32)cc1. The molecule has 1 amide bonds. The summed E-state index contributed by atoms with van der Waals surface area (Å²) in [6.07, 6.45) is 0.901. The summed E-state index contributed by atoms with van der Waals surface area (Å²) in [6, 6.07) is 20.6. The predicted octanol–water partition coefficient (Wildman–Crippen LogP) is 6.92. The maximum absolute atomic E-state index is 12.9. The van der Waals surface area contributed by atoms with Gasteiger partial charge in [-0.05, 0) is 71.5 Å². The van der Waals surface area contributed by atoms with Crippen molar-refractivity contribution in [2.45, 2.75) is 37.9 Å². The minimum atomic E-state index is -4.36. The van der Waals surface area contributed by atoms with Gasteiger partial charge in [-0.3, -0.25) is 9.59 Å². The third-order valence-electron chi connectivity index (χ3n) is 7.04. The van der Waals surface area contributed by atoms with E-state index in [1.54, 1.807) is 12.1 Å². The first-order valence-corrected chi connectivity index (χ1v) is 12.6. The number of carboxylic acid groups (broad SMARTS) is 1. The lowest BCUT2D eigenvalue weighted by Gasteiger charge is -2.21. The van der Waals surface area contributed by atoms with Crippen LogP contribution in [0.1, 0.15) is 53.2 Å². The van der Waals surface area contributed by atoms with Gasteiger partial charge in [0.05, 0.1) is 18.0 Å². The number of nitrogens with one attached hydrogen (secondary N) is 1. The topological polar surface area (TPSA) is 71.3 Å². The number of amides is 1. The molecule has 196 valence electrons. The molecule has 1 aromatic heterocycles. The van der Waals surface area contributed by atoms with Gasteiger partial charge in [0.15, 0.2) is 0 Å². The predicted molar refractivity (Wildman–Crippen MR) is 139 cm³/mol. The van der Waals surface area contributed by atoms with Crippen molar-refractivity contribution >= 4 is 22.8 Å². The van der Waals surface area contributed by atoms with E-state index >= 15 is 0 Å². The lowest BCUT2D eigenvalue weighted by Crippen LogP contribution is -2.26. The highest BCUT2D eigenvalue weighted by Gasteiger charge is 2.30. The van der Waals surface area contributed by atoms with Gasteiger partial charge in [-0.15, -0.1) is 0 Å². The van der Waals surface area contributed by atoms with E-state index in [9.17, 15) is 22.8 Å². The van der Waals surface area contributed by atoms with Gasteiger partial charge in [-0.1, -0.05) is 43.2 Å². The summed E-state index contributed by atoms with van der Waals surface area (Å²) in [6.45, 7) is 0.0735. The van der Waals surface area contributed by atoms with Crippen LogP contribution in [0.15, 0.2) is 79.0 Å². The van der Waals surface area contributed by atoms with Crippen molar-refractivity contribution in [3.8, 4) is 11.1 Å². The fraction of sp³-hybridized carbons (Fsp3) is 0.267. The molecule has 1 saturated carbocycles. The lowest BCUT2D eigenvalue weighted by atomic mass is 9.98. The van der Waals surface area contributed by atoms with Crippen molar-refractivity contribution in [3.05, 3.63) is 95.7 Å². The summed E-state index contributed by atoms with van der Waals surface area (Å²) in [5.74, 6) is -0.629. The summed E-state index contributed by atoms with van der Waals surface area (Å²) >= 11 is 0. The van der Waals surface area contributed by atoms with E-state index in [4.69, 9.17) is 5.11 Å².